The minimum Gasteiger partial charge on any atom is -0.492 e. The third kappa shape index (κ3) is 5.45. The molecular formula is C29H29BrN2O2S. The number of ether oxygens (including phenoxy) is 1. The van der Waals surface area contributed by atoms with E-state index in [4.69, 9.17) is 10.5 Å². The molecule has 1 aliphatic rings. The largest absolute Gasteiger partial charge is 0.492 e. The summed E-state index contributed by atoms with van der Waals surface area (Å²) in [4.78, 5) is 14.3. The van der Waals surface area contributed by atoms with Gasteiger partial charge in [0.05, 0.1) is 17.9 Å². The number of carbonyl (C=O) groups excluding carboxylic acids is 1. The van der Waals surface area contributed by atoms with E-state index in [1.807, 2.05) is 35.6 Å². The molecule has 1 aromatic heterocycles. The number of thiophene rings is 1. The van der Waals surface area contributed by atoms with E-state index in [1.54, 1.807) is 12.1 Å². The first-order valence-corrected chi connectivity index (χ1v) is 13.7. The van der Waals surface area contributed by atoms with Crippen LogP contribution in [0.4, 0.5) is 5.69 Å². The molecule has 0 amide bonds. The van der Waals surface area contributed by atoms with Crippen LogP contribution in [0.25, 0.3) is 10.1 Å². The summed E-state index contributed by atoms with van der Waals surface area (Å²) in [6.07, 6.45) is 5.68. The van der Waals surface area contributed by atoms with Gasteiger partial charge in [-0.1, -0.05) is 48.5 Å². The van der Waals surface area contributed by atoms with Crippen LogP contribution in [0, 0.1) is 0 Å². The van der Waals surface area contributed by atoms with Gasteiger partial charge in [-0.3, -0.25) is 4.79 Å². The Morgan fingerprint density at radius 2 is 1.89 bits per heavy atom. The molecule has 4 aromatic rings. The topological polar surface area (TPSA) is 64.4 Å². The maximum atomic E-state index is 12.8. The van der Waals surface area contributed by atoms with E-state index in [-0.39, 0.29) is 18.4 Å². The second-order valence-corrected chi connectivity index (χ2v) is 10.9. The van der Waals surface area contributed by atoms with Gasteiger partial charge >= 0.3 is 0 Å². The quantitative estimate of drug-likeness (QED) is 0.173. The molecule has 3 aromatic carbocycles. The van der Waals surface area contributed by atoms with Crippen molar-refractivity contribution < 1.29 is 9.53 Å². The van der Waals surface area contributed by atoms with Crippen LogP contribution < -0.4 is 15.8 Å². The van der Waals surface area contributed by atoms with Gasteiger partial charge in [-0.2, -0.15) is 0 Å². The number of anilines is 1. The molecule has 1 unspecified atom stereocenters. The van der Waals surface area contributed by atoms with Crippen LogP contribution in [0.5, 0.6) is 5.75 Å². The first kappa shape index (κ1) is 24.0. The number of hydrogen-bond acceptors (Lipinski definition) is 5. The summed E-state index contributed by atoms with van der Waals surface area (Å²) in [7, 11) is 0. The summed E-state index contributed by atoms with van der Waals surface area (Å²) in [5.41, 5.74) is 9.80. The van der Waals surface area contributed by atoms with E-state index in [9.17, 15) is 4.79 Å². The number of rotatable bonds is 9. The second kappa shape index (κ2) is 10.9. The van der Waals surface area contributed by atoms with Crippen molar-refractivity contribution >= 4 is 48.8 Å². The van der Waals surface area contributed by atoms with Crippen LogP contribution in [0.1, 0.15) is 51.7 Å². The fraction of sp³-hybridized carbons (Fsp3) is 0.276. The average molecular weight is 550 g/mol. The number of hydrogen-bond donors (Lipinski definition) is 2. The Hall–Kier alpha value is -2.67. The highest BCUT2D eigenvalue weighted by molar-refractivity contribution is 9.10. The average Bonchev–Trinajstić information content (AvgIpc) is 3.27. The second-order valence-electron chi connectivity index (χ2n) is 8.98. The predicted molar refractivity (Wildman–Crippen MR) is 149 cm³/mol. The van der Waals surface area contributed by atoms with E-state index in [1.165, 1.54) is 46.2 Å². The van der Waals surface area contributed by atoms with Gasteiger partial charge in [0.15, 0.2) is 5.78 Å². The minimum absolute atomic E-state index is 0.00342. The van der Waals surface area contributed by atoms with Gasteiger partial charge in [-0.05, 0) is 76.3 Å². The zero-order chi connectivity index (χ0) is 24.2. The Morgan fingerprint density at radius 1 is 1.06 bits per heavy atom. The lowest BCUT2D eigenvalue weighted by molar-refractivity contribution is 0.0985. The number of ketones is 1. The molecule has 0 spiro atoms. The fourth-order valence-corrected chi connectivity index (χ4v) is 6.37. The van der Waals surface area contributed by atoms with Crippen molar-refractivity contribution in [3.8, 4) is 5.75 Å². The van der Waals surface area contributed by atoms with Crippen LogP contribution in [0.3, 0.4) is 0 Å². The lowest BCUT2D eigenvalue weighted by Gasteiger charge is -2.19. The number of benzene rings is 3. The standard InChI is InChI=1S/C29H29BrN2O2S/c30-23-14-13-20(17-24(23)31)26(33)18-32-25(19-7-2-1-3-8-19)15-16-34-27-11-6-10-22-21-9-4-5-12-28(21)35-29(22)27/h1-3,6-8,10-11,13-14,17,25,32H,4-5,9,12,15-16,18,31H2. The number of nitrogen functional groups attached to an aromatic ring is 1. The summed E-state index contributed by atoms with van der Waals surface area (Å²) in [5.74, 6) is 0.982. The number of carbonyl (C=O) groups is 1. The SMILES string of the molecule is Nc1cc(C(=O)CNC(CCOc2cccc3c4c(sc23)CCCC4)c2ccccc2)ccc1Br. The van der Waals surface area contributed by atoms with Gasteiger partial charge in [0.1, 0.15) is 5.75 Å². The number of halogens is 1. The monoisotopic (exact) mass is 548 g/mol. The van der Waals surface area contributed by atoms with E-state index in [0.29, 0.717) is 17.9 Å². The summed E-state index contributed by atoms with van der Waals surface area (Å²) >= 11 is 5.28. The van der Waals surface area contributed by atoms with Crippen LogP contribution in [-0.2, 0) is 12.8 Å². The lowest BCUT2D eigenvalue weighted by atomic mass is 9.96. The fourth-order valence-electron chi connectivity index (χ4n) is 4.76. The molecule has 35 heavy (non-hydrogen) atoms. The summed E-state index contributed by atoms with van der Waals surface area (Å²) in [6, 6.07) is 22.0. The highest BCUT2D eigenvalue weighted by atomic mass is 79.9. The zero-order valence-corrected chi connectivity index (χ0v) is 22.0. The summed E-state index contributed by atoms with van der Waals surface area (Å²) < 4.78 is 8.40. The number of Topliss-reactive ketones (excluding diaryl/α,β-unsaturated/α-hetero) is 1. The highest BCUT2D eigenvalue weighted by Crippen LogP contribution is 2.41. The van der Waals surface area contributed by atoms with Gasteiger partial charge in [-0.25, -0.2) is 0 Å². The van der Waals surface area contributed by atoms with Gasteiger partial charge in [0.25, 0.3) is 0 Å². The maximum Gasteiger partial charge on any atom is 0.176 e. The van der Waals surface area contributed by atoms with Gasteiger partial charge < -0.3 is 15.8 Å². The highest BCUT2D eigenvalue weighted by Gasteiger charge is 2.19. The molecule has 0 saturated heterocycles. The van der Waals surface area contributed by atoms with Crippen LogP contribution in [0.15, 0.2) is 71.2 Å². The molecule has 0 radical (unpaired) electrons. The summed E-state index contributed by atoms with van der Waals surface area (Å²) in [5, 5.41) is 4.81. The molecule has 1 atom stereocenters. The predicted octanol–water partition coefficient (Wildman–Crippen LogP) is 7.11. The Kier molecular flexibility index (Phi) is 7.51. The smallest absolute Gasteiger partial charge is 0.176 e. The molecule has 5 rings (SSSR count). The van der Waals surface area contributed by atoms with Crippen molar-refractivity contribution in [2.45, 2.75) is 38.1 Å². The molecule has 180 valence electrons. The van der Waals surface area contributed by atoms with Crippen LogP contribution >= 0.6 is 27.3 Å². The molecule has 3 N–H and O–H groups in total. The minimum atomic E-state index is 0.00342. The number of fused-ring (bicyclic) bond motifs is 3. The first-order chi connectivity index (χ1) is 17.1. The molecule has 0 aliphatic heterocycles. The third-order valence-electron chi connectivity index (χ3n) is 6.64. The molecule has 6 heteroatoms. The van der Waals surface area contributed by atoms with E-state index in [2.05, 4.69) is 51.6 Å². The first-order valence-electron chi connectivity index (χ1n) is 12.1. The molecule has 1 heterocycles. The molecule has 0 bridgehead atoms. The Morgan fingerprint density at radius 3 is 2.71 bits per heavy atom. The Bertz CT molecular complexity index is 1340. The van der Waals surface area contributed by atoms with Gasteiger partial charge in [-0.15, -0.1) is 11.3 Å². The summed E-state index contributed by atoms with van der Waals surface area (Å²) in [6.45, 7) is 0.793. The Balaban J connectivity index is 1.27. The number of nitrogens with two attached hydrogens (primary N) is 1. The van der Waals surface area contributed by atoms with Crippen molar-refractivity contribution in [2.75, 3.05) is 18.9 Å². The van der Waals surface area contributed by atoms with E-state index >= 15 is 0 Å². The lowest BCUT2D eigenvalue weighted by Crippen LogP contribution is -2.29. The van der Waals surface area contributed by atoms with Gasteiger partial charge in [0.2, 0.25) is 0 Å². The van der Waals surface area contributed by atoms with Crippen molar-refractivity contribution in [3.05, 3.63) is 92.8 Å². The van der Waals surface area contributed by atoms with Crippen molar-refractivity contribution in [2.24, 2.45) is 0 Å². The van der Waals surface area contributed by atoms with Crippen molar-refractivity contribution in [1.82, 2.24) is 5.32 Å². The van der Waals surface area contributed by atoms with Crippen LogP contribution in [-0.4, -0.2) is 18.9 Å². The zero-order valence-electron chi connectivity index (χ0n) is 19.6. The van der Waals surface area contributed by atoms with E-state index in [0.717, 1.165) is 22.2 Å². The van der Waals surface area contributed by atoms with E-state index < -0.39 is 0 Å². The molecular weight excluding hydrogens is 520 g/mol. The Labute approximate surface area is 218 Å². The molecule has 0 saturated carbocycles. The van der Waals surface area contributed by atoms with Crippen molar-refractivity contribution in [1.29, 1.82) is 0 Å². The molecule has 4 nitrogen and oxygen atoms in total. The number of nitrogens with one attached hydrogen (secondary N) is 1. The molecule has 0 fully saturated rings. The van der Waals surface area contributed by atoms with Gasteiger partial charge in [0, 0.05) is 33.1 Å². The number of aryl methyl sites for hydroxylation is 2. The van der Waals surface area contributed by atoms with Crippen LogP contribution in [0.2, 0.25) is 0 Å². The van der Waals surface area contributed by atoms with Crippen molar-refractivity contribution in [3.63, 3.8) is 0 Å². The maximum absolute atomic E-state index is 12.8. The third-order valence-corrected chi connectivity index (χ3v) is 8.68. The normalized spacial score (nSPS) is 14.0. The molecule has 1 aliphatic carbocycles.